The van der Waals surface area contributed by atoms with E-state index in [-0.39, 0.29) is 0 Å². The Kier molecular flexibility index (Phi) is 6.21. The summed E-state index contributed by atoms with van der Waals surface area (Å²) in [6.45, 7) is 4.47. The maximum atomic E-state index is 17.6. The number of alkyl halides is 1. The molecule has 1 aliphatic rings. The maximum Gasteiger partial charge on any atom is 0.151 e. The summed E-state index contributed by atoms with van der Waals surface area (Å²) in [5, 5.41) is 2.27. The average molecular weight is 631 g/mol. The molecule has 4 nitrogen and oxygen atoms in total. The summed E-state index contributed by atoms with van der Waals surface area (Å²) in [7, 11) is 2.02. The summed E-state index contributed by atoms with van der Waals surface area (Å²) in [4.78, 5) is 12.0. The van der Waals surface area contributed by atoms with Crippen molar-refractivity contribution in [3.8, 4) is 17.2 Å². The second-order valence-corrected chi connectivity index (χ2v) is 13.9. The van der Waals surface area contributed by atoms with Crippen LogP contribution in [0, 0.1) is 0 Å². The van der Waals surface area contributed by atoms with Crippen molar-refractivity contribution in [2.45, 2.75) is 35.2 Å². The largest absolute Gasteiger partial charge is 0.327 e. The zero-order valence-corrected chi connectivity index (χ0v) is 27.1. The molecular weight excluding hydrogens is 600 g/mol. The molecule has 8 aromatic rings. The lowest BCUT2D eigenvalue weighted by Crippen LogP contribution is -2.26. The fourth-order valence-corrected chi connectivity index (χ4v) is 9.12. The fraction of sp³-hybridized carbons (Fsp3) is 0.122. The Balaban J connectivity index is 1.33. The van der Waals surface area contributed by atoms with Gasteiger partial charge in [0.2, 0.25) is 0 Å². The van der Waals surface area contributed by atoms with Gasteiger partial charge in [0.1, 0.15) is 11.6 Å². The van der Waals surface area contributed by atoms with E-state index in [0.29, 0.717) is 11.1 Å². The zero-order valence-electron chi connectivity index (χ0n) is 26.3. The molecule has 1 unspecified atom stereocenters. The van der Waals surface area contributed by atoms with E-state index in [0.717, 1.165) is 60.5 Å². The van der Waals surface area contributed by atoms with Gasteiger partial charge in [-0.05, 0) is 70.8 Å². The highest BCUT2D eigenvalue weighted by molar-refractivity contribution is 7.99. The zero-order chi connectivity index (χ0) is 31.9. The molecule has 0 radical (unpaired) electrons. The van der Waals surface area contributed by atoms with Crippen LogP contribution in [0.3, 0.4) is 0 Å². The number of aromatic nitrogens is 4. The van der Waals surface area contributed by atoms with Crippen LogP contribution in [0.5, 0.6) is 0 Å². The number of hydrogen-bond acceptors (Lipinski definition) is 3. The van der Waals surface area contributed by atoms with Crippen molar-refractivity contribution in [2.24, 2.45) is 7.05 Å². The van der Waals surface area contributed by atoms with Gasteiger partial charge >= 0.3 is 0 Å². The third-order valence-electron chi connectivity index (χ3n) is 9.72. The van der Waals surface area contributed by atoms with Crippen LogP contribution in [-0.2, 0) is 12.5 Å². The molecule has 1 aliphatic heterocycles. The Morgan fingerprint density at radius 3 is 2.36 bits per heavy atom. The Hall–Kier alpha value is -5.20. The highest BCUT2D eigenvalue weighted by atomic mass is 32.2. The Morgan fingerprint density at radius 2 is 1.53 bits per heavy atom. The fourth-order valence-electron chi connectivity index (χ4n) is 7.53. The number of halogens is 1. The number of rotatable bonds is 4. The van der Waals surface area contributed by atoms with Gasteiger partial charge in [0.05, 0.1) is 22.1 Å². The quantitative estimate of drug-likeness (QED) is 0.194. The minimum atomic E-state index is -1.37. The van der Waals surface area contributed by atoms with Gasteiger partial charge in [0.25, 0.3) is 0 Å². The van der Waals surface area contributed by atoms with Crippen LogP contribution in [0.1, 0.15) is 42.3 Å². The monoisotopic (exact) mass is 630 g/mol. The number of pyridine rings is 1. The van der Waals surface area contributed by atoms with Gasteiger partial charge in [0, 0.05) is 44.8 Å². The van der Waals surface area contributed by atoms with Crippen LogP contribution in [0.25, 0.3) is 50.0 Å². The molecule has 0 fully saturated rings. The predicted molar refractivity (Wildman–Crippen MR) is 190 cm³/mol. The first kappa shape index (κ1) is 28.1. The first-order chi connectivity index (χ1) is 22.9. The van der Waals surface area contributed by atoms with E-state index in [2.05, 4.69) is 83.6 Å². The lowest BCUT2D eigenvalue weighted by atomic mass is 9.74. The van der Waals surface area contributed by atoms with Crippen LogP contribution in [-0.4, -0.2) is 19.1 Å². The molecule has 3 aromatic heterocycles. The van der Waals surface area contributed by atoms with Gasteiger partial charge in [0.15, 0.2) is 6.17 Å². The van der Waals surface area contributed by atoms with Crippen LogP contribution >= 0.6 is 11.8 Å². The third-order valence-corrected chi connectivity index (χ3v) is 10.9. The third kappa shape index (κ3) is 4.14. The van der Waals surface area contributed by atoms with Crippen molar-refractivity contribution >= 4 is 44.6 Å². The summed E-state index contributed by atoms with van der Waals surface area (Å²) in [5.74, 6) is 1.63. The highest BCUT2D eigenvalue weighted by Gasteiger charge is 2.39. The molecule has 0 amide bonds. The molecule has 1 atom stereocenters. The van der Waals surface area contributed by atoms with E-state index >= 15 is 4.39 Å². The summed E-state index contributed by atoms with van der Waals surface area (Å²) in [5.41, 5.74) is 7.97. The van der Waals surface area contributed by atoms with Crippen molar-refractivity contribution in [3.63, 3.8) is 0 Å². The van der Waals surface area contributed by atoms with E-state index in [1.165, 1.54) is 10.5 Å². The first-order valence-electron chi connectivity index (χ1n) is 15.9. The lowest BCUT2D eigenvalue weighted by molar-refractivity contribution is 0.393. The molecule has 47 heavy (non-hydrogen) atoms. The van der Waals surface area contributed by atoms with Crippen LogP contribution < -0.4 is 0 Å². The van der Waals surface area contributed by atoms with Gasteiger partial charge < -0.3 is 4.57 Å². The van der Waals surface area contributed by atoms with E-state index in [1.54, 1.807) is 11.8 Å². The second kappa shape index (κ2) is 10.4. The Morgan fingerprint density at radius 1 is 0.766 bits per heavy atom. The van der Waals surface area contributed by atoms with Crippen molar-refractivity contribution in [2.75, 3.05) is 0 Å². The van der Waals surface area contributed by atoms with Gasteiger partial charge in [-0.1, -0.05) is 98.4 Å². The minimum Gasteiger partial charge on any atom is -0.327 e. The first-order valence-corrected chi connectivity index (χ1v) is 16.7. The molecule has 228 valence electrons. The minimum absolute atomic E-state index is 0.436. The van der Waals surface area contributed by atoms with Crippen molar-refractivity contribution in [1.82, 2.24) is 19.1 Å². The van der Waals surface area contributed by atoms with Gasteiger partial charge in [-0.15, -0.1) is 0 Å². The topological polar surface area (TPSA) is 35.6 Å². The number of imidazole rings is 1. The number of aryl methyl sites for hydroxylation is 1. The Labute approximate surface area is 276 Å². The van der Waals surface area contributed by atoms with E-state index in [1.807, 2.05) is 73.9 Å². The van der Waals surface area contributed by atoms with Gasteiger partial charge in [-0.2, -0.15) is 0 Å². The molecule has 0 aliphatic carbocycles. The van der Waals surface area contributed by atoms with Crippen molar-refractivity contribution < 1.29 is 4.39 Å². The average Bonchev–Trinajstić information content (AvgIpc) is 3.63. The molecule has 6 heteroatoms. The van der Waals surface area contributed by atoms with Crippen molar-refractivity contribution in [3.05, 3.63) is 150 Å². The maximum absolute atomic E-state index is 17.6. The predicted octanol–water partition coefficient (Wildman–Crippen LogP) is 10.6. The lowest BCUT2D eigenvalue weighted by Gasteiger charge is -2.37. The molecular formula is C41H31FN4S. The molecule has 0 N–H and O–H groups in total. The normalized spacial score (nSPS) is 14.4. The summed E-state index contributed by atoms with van der Waals surface area (Å²) >= 11 is 1.76. The standard InChI is InChI=1S/C41H31FN4S/c1-41(2)29-16-5-9-20-34(29)47-39-36-27-15-4-7-18-31(27)46(35-21-10-11-22-43-35)33(36)24-28(37(39)41)38(42)25-13-12-14-26(23-25)40-44-30-17-6-8-19-32(30)45(40)3/h4-24,38H,1-3H3. The summed E-state index contributed by atoms with van der Waals surface area (Å²) in [6.07, 6.45) is 0.441. The van der Waals surface area contributed by atoms with Crippen LogP contribution in [0.2, 0.25) is 0 Å². The van der Waals surface area contributed by atoms with Gasteiger partial charge in [-0.25, -0.2) is 14.4 Å². The molecule has 9 rings (SSSR count). The molecule has 5 aromatic carbocycles. The second-order valence-electron chi connectivity index (χ2n) is 12.8. The molecule has 0 bridgehead atoms. The smallest absolute Gasteiger partial charge is 0.151 e. The molecule has 0 spiro atoms. The number of para-hydroxylation sites is 3. The number of nitrogens with zero attached hydrogens (tertiary/aromatic N) is 4. The molecule has 0 saturated heterocycles. The Bertz CT molecular complexity index is 2510. The van der Waals surface area contributed by atoms with E-state index in [4.69, 9.17) is 9.97 Å². The number of fused-ring (bicyclic) bond motifs is 7. The van der Waals surface area contributed by atoms with Crippen LogP contribution in [0.4, 0.5) is 4.39 Å². The SMILES string of the molecule is Cn1c(-c2cccc(C(F)c3cc4c(c5c3C(C)(C)c3ccccc3S5)c3ccccc3n4-c3ccccn3)c2)nc2ccccc21. The van der Waals surface area contributed by atoms with Gasteiger partial charge in [-0.3, -0.25) is 4.57 Å². The molecule has 0 saturated carbocycles. The van der Waals surface area contributed by atoms with E-state index in [9.17, 15) is 0 Å². The van der Waals surface area contributed by atoms with E-state index < -0.39 is 11.6 Å². The highest BCUT2D eigenvalue weighted by Crippen LogP contribution is 2.56. The number of hydrogen-bond donors (Lipinski definition) is 0. The van der Waals surface area contributed by atoms with Crippen LogP contribution in [0.15, 0.2) is 137 Å². The van der Waals surface area contributed by atoms with Crippen molar-refractivity contribution in [1.29, 1.82) is 0 Å². The molecule has 4 heterocycles. The summed E-state index contributed by atoms with van der Waals surface area (Å²) in [6, 6.07) is 41.0. The number of benzene rings is 5. The summed E-state index contributed by atoms with van der Waals surface area (Å²) < 4.78 is 21.9.